The Morgan fingerprint density at radius 1 is 1.41 bits per heavy atom. The van der Waals surface area contributed by atoms with E-state index in [-0.39, 0.29) is 5.60 Å². The molecule has 1 aromatic carbocycles. The highest BCUT2D eigenvalue weighted by molar-refractivity contribution is 5.44. The Morgan fingerprint density at radius 2 is 2.06 bits per heavy atom. The molecule has 0 spiro atoms. The molecule has 0 heterocycles. The van der Waals surface area contributed by atoms with Crippen molar-refractivity contribution in [2.45, 2.75) is 32.9 Å². The van der Waals surface area contributed by atoms with E-state index in [1.807, 2.05) is 52.1 Å². The van der Waals surface area contributed by atoms with Crippen LogP contribution in [-0.2, 0) is 16.1 Å². The molecule has 0 unspecified atom stereocenters. The number of hydrogen-bond acceptors (Lipinski definition) is 4. The van der Waals surface area contributed by atoms with E-state index in [4.69, 9.17) is 5.73 Å². The zero-order valence-electron chi connectivity index (χ0n) is 11.0. The Kier molecular flexibility index (Phi) is 6.98. The van der Waals surface area contributed by atoms with Gasteiger partial charge in [-0.05, 0) is 38.5 Å². The Morgan fingerprint density at radius 3 is 2.41 bits per heavy atom. The van der Waals surface area contributed by atoms with Crippen molar-refractivity contribution in [3.8, 4) is 0 Å². The zero-order valence-corrected chi connectivity index (χ0v) is 11.0. The molecule has 0 fully saturated rings. The molecule has 0 saturated carbocycles. The number of carbonyl (C=O) groups is 1. The quantitative estimate of drug-likeness (QED) is 0.792. The number of hydrogen-bond donors (Lipinski definition) is 2. The van der Waals surface area contributed by atoms with Crippen LogP contribution in [0.4, 0.5) is 5.69 Å². The number of benzene rings is 1. The lowest BCUT2D eigenvalue weighted by molar-refractivity contribution is -0.138. The largest absolute Gasteiger partial charge is 0.462 e. The number of nitrogens with one attached hydrogen (secondary N) is 1. The van der Waals surface area contributed by atoms with Crippen molar-refractivity contribution >= 4 is 12.2 Å². The molecule has 1 aromatic rings. The zero-order chi connectivity index (χ0) is 13.3. The summed E-state index contributed by atoms with van der Waals surface area (Å²) in [5, 5.41) is 3.05. The fraction of sp³-hybridized carbons (Fsp3) is 0.462. The summed E-state index contributed by atoms with van der Waals surface area (Å²) in [6.07, 6.45) is 0. The topological polar surface area (TPSA) is 64.3 Å². The second kappa shape index (κ2) is 7.68. The summed E-state index contributed by atoms with van der Waals surface area (Å²) in [7, 11) is 1.90. The molecule has 3 N–H and O–H groups in total. The minimum Gasteiger partial charge on any atom is -0.462 e. The predicted octanol–water partition coefficient (Wildman–Crippen LogP) is 2.14. The Hall–Kier alpha value is -1.55. The maximum atomic E-state index is 9.60. The Labute approximate surface area is 103 Å². The van der Waals surface area contributed by atoms with Crippen LogP contribution in [0.1, 0.15) is 26.3 Å². The fourth-order valence-corrected chi connectivity index (χ4v) is 0.998. The monoisotopic (exact) mass is 238 g/mol. The van der Waals surface area contributed by atoms with E-state index in [2.05, 4.69) is 10.1 Å². The fourth-order valence-electron chi connectivity index (χ4n) is 0.998. The van der Waals surface area contributed by atoms with E-state index < -0.39 is 0 Å². The van der Waals surface area contributed by atoms with Crippen LogP contribution in [0.5, 0.6) is 0 Å². The molecule has 4 heteroatoms. The molecule has 0 aliphatic rings. The van der Waals surface area contributed by atoms with Gasteiger partial charge in [0.1, 0.15) is 5.60 Å². The highest BCUT2D eigenvalue weighted by Gasteiger charge is 2.07. The van der Waals surface area contributed by atoms with Gasteiger partial charge in [0.05, 0.1) is 0 Å². The van der Waals surface area contributed by atoms with Crippen molar-refractivity contribution in [2.24, 2.45) is 5.73 Å². The molecule has 0 bridgehead atoms. The van der Waals surface area contributed by atoms with Crippen LogP contribution in [0.3, 0.4) is 0 Å². The van der Waals surface area contributed by atoms with Gasteiger partial charge in [-0.2, -0.15) is 0 Å². The van der Waals surface area contributed by atoms with Crippen molar-refractivity contribution in [1.82, 2.24) is 0 Å². The third-order valence-corrected chi connectivity index (χ3v) is 1.85. The molecule has 17 heavy (non-hydrogen) atoms. The molecule has 0 amide bonds. The first kappa shape index (κ1) is 15.4. The average molecular weight is 238 g/mol. The third-order valence-electron chi connectivity index (χ3n) is 1.85. The third kappa shape index (κ3) is 8.28. The second-order valence-corrected chi connectivity index (χ2v) is 4.48. The van der Waals surface area contributed by atoms with Gasteiger partial charge in [0.2, 0.25) is 0 Å². The van der Waals surface area contributed by atoms with E-state index in [1.54, 1.807) is 0 Å². The number of ether oxygens (including phenoxy) is 1. The predicted molar refractivity (Wildman–Crippen MR) is 70.8 cm³/mol. The van der Waals surface area contributed by atoms with Gasteiger partial charge in [-0.3, -0.25) is 4.79 Å². The van der Waals surface area contributed by atoms with Crippen LogP contribution in [0.15, 0.2) is 24.3 Å². The first-order valence-electron chi connectivity index (χ1n) is 5.51. The lowest BCUT2D eigenvalue weighted by Gasteiger charge is -2.14. The summed E-state index contributed by atoms with van der Waals surface area (Å²) in [5.74, 6) is 0. The summed E-state index contributed by atoms with van der Waals surface area (Å²) < 4.78 is 4.55. The molecule has 0 atom stereocenters. The molecular formula is C13H22N2O2. The van der Waals surface area contributed by atoms with Crippen molar-refractivity contribution in [3.05, 3.63) is 29.8 Å². The van der Waals surface area contributed by atoms with E-state index in [1.165, 1.54) is 0 Å². The van der Waals surface area contributed by atoms with E-state index in [0.717, 1.165) is 11.3 Å². The van der Waals surface area contributed by atoms with E-state index >= 15 is 0 Å². The molecule has 0 radical (unpaired) electrons. The van der Waals surface area contributed by atoms with Gasteiger partial charge in [-0.25, -0.2) is 0 Å². The van der Waals surface area contributed by atoms with Crippen LogP contribution >= 0.6 is 0 Å². The summed E-state index contributed by atoms with van der Waals surface area (Å²) in [5.41, 5.74) is 7.40. The maximum Gasteiger partial charge on any atom is 0.293 e. The smallest absolute Gasteiger partial charge is 0.293 e. The van der Waals surface area contributed by atoms with Crippen LogP contribution in [0, 0.1) is 0 Å². The van der Waals surface area contributed by atoms with Gasteiger partial charge >= 0.3 is 0 Å². The molecule has 0 saturated heterocycles. The molecule has 0 aliphatic heterocycles. The molecule has 96 valence electrons. The first-order valence-corrected chi connectivity index (χ1v) is 5.51. The SMILES string of the molecule is CC(C)(C)OC=O.CNc1cccc(CN)c1. The molecule has 0 aliphatic carbocycles. The lowest BCUT2D eigenvalue weighted by atomic mass is 10.2. The highest BCUT2D eigenvalue weighted by Crippen LogP contribution is 2.08. The average Bonchev–Trinajstić information content (AvgIpc) is 2.28. The minimum absolute atomic E-state index is 0.318. The van der Waals surface area contributed by atoms with Crippen molar-refractivity contribution in [1.29, 1.82) is 0 Å². The molecular weight excluding hydrogens is 216 g/mol. The van der Waals surface area contributed by atoms with E-state index in [9.17, 15) is 4.79 Å². The first-order chi connectivity index (χ1) is 7.92. The number of anilines is 1. The van der Waals surface area contributed by atoms with Crippen LogP contribution < -0.4 is 11.1 Å². The normalized spacial score (nSPS) is 9.94. The Balaban J connectivity index is 0.000000325. The molecule has 0 aromatic heterocycles. The summed E-state index contributed by atoms with van der Waals surface area (Å²) in [6.45, 7) is 6.53. The number of rotatable bonds is 3. The van der Waals surface area contributed by atoms with Gasteiger partial charge in [0, 0.05) is 19.3 Å². The van der Waals surface area contributed by atoms with Gasteiger partial charge in [0.25, 0.3) is 6.47 Å². The summed E-state index contributed by atoms with van der Waals surface area (Å²) in [6, 6.07) is 8.06. The standard InChI is InChI=1S/C8H12N2.C5H10O2/c1-10-8-4-2-3-7(5-8)6-9;1-5(2,3)7-4-6/h2-5,10H,6,9H2,1H3;4H,1-3H3. The lowest BCUT2D eigenvalue weighted by Crippen LogP contribution is -2.17. The van der Waals surface area contributed by atoms with Gasteiger partial charge < -0.3 is 15.8 Å². The maximum absolute atomic E-state index is 9.60. The van der Waals surface area contributed by atoms with Gasteiger partial charge in [-0.1, -0.05) is 12.1 Å². The molecule has 1 rings (SSSR count). The van der Waals surface area contributed by atoms with Gasteiger partial charge in [-0.15, -0.1) is 0 Å². The second-order valence-electron chi connectivity index (χ2n) is 4.48. The minimum atomic E-state index is -0.318. The molecule has 4 nitrogen and oxygen atoms in total. The van der Waals surface area contributed by atoms with Gasteiger partial charge in [0.15, 0.2) is 0 Å². The van der Waals surface area contributed by atoms with Crippen LogP contribution in [0.2, 0.25) is 0 Å². The highest BCUT2D eigenvalue weighted by atomic mass is 16.5. The number of carbonyl (C=O) groups excluding carboxylic acids is 1. The van der Waals surface area contributed by atoms with E-state index in [0.29, 0.717) is 13.0 Å². The van der Waals surface area contributed by atoms with Crippen molar-refractivity contribution in [2.75, 3.05) is 12.4 Å². The summed E-state index contributed by atoms with van der Waals surface area (Å²) in [4.78, 5) is 9.60. The van der Waals surface area contributed by atoms with Crippen molar-refractivity contribution in [3.63, 3.8) is 0 Å². The Bertz CT molecular complexity index is 313. The van der Waals surface area contributed by atoms with Crippen LogP contribution in [-0.4, -0.2) is 19.1 Å². The van der Waals surface area contributed by atoms with Crippen LogP contribution in [0.25, 0.3) is 0 Å². The summed E-state index contributed by atoms with van der Waals surface area (Å²) >= 11 is 0. The van der Waals surface area contributed by atoms with Crippen molar-refractivity contribution < 1.29 is 9.53 Å². The number of nitrogens with two attached hydrogens (primary N) is 1.